The van der Waals surface area contributed by atoms with Crippen molar-refractivity contribution in [2.24, 2.45) is 5.41 Å². The summed E-state index contributed by atoms with van der Waals surface area (Å²) in [6.45, 7) is -1.69. The first-order chi connectivity index (χ1) is 25.4. The van der Waals surface area contributed by atoms with Crippen LogP contribution in [-0.2, 0) is 62.3 Å². The van der Waals surface area contributed by atoms with Crippen molar-refractivity contribution in [3.63, 3.8) is 0 Å². The number of hydrogen-bond acceptors (Lipinski definition) is 11. The fourth-order valence-electron chi connectivity index (χ4n) is 8.93. The van der Waals surface area contributed by atoms with Gasteiger partial charge in [-0.15, -0.1) is 0 Å². The van der Waals surface area contributed by atoms with E-state index in [1.54, 1.807) is 24.3 Å². The molecule has 0 unspecified atom stereocenters. The lowest BCUT2D eigenvalue weighted by Crippen LogP contribution is -2.70. The summed E-state index contributed by atoms with van der Waals surface area (Å²) in [4.78, 5) is 62.5. The van der Waals surface area contributed by atoms with Crippen LogP contribution >= 0.6 is 0 Å². The fourth-order valence-corrected chi connectivity index (χ4v) is 8.93. The zero-order valence-corrected chi connectivity index (χ0v) is 28.5. The van der Waals surface area contributed by atoms with Gasteiger partial charge in [0.05, 0.1) is 13.2 Å². The van der Waals surface area contributed by atoms with Gasteiger partial charge in [0.1, 0.15) is 35.9 Å². The minimum absolute atomic E-state index is 0.0224. The van der Waals surface area contributed by atoms with Crippen molar-refractivity contribution in [3.8, 4) is 0 Å². The van der Waals surface area contributed by atoms with Gasteiger partial charge in [-0.25, -0.2) is 4.79 Å². The first-order valence-corrected chi connectivity index (χ1v) is 17.7. The van der Waals surface area contributed by atoms with Crippen LogP contribution in [0.4, 0.5) is 13.2 Å². The number of fused-ring (bicyclic) bond motifs is 5. The third-order valence-electron chi connectivity index (χ3n) is 11.0. The number of amides is 2. The van der Waals surface area contributed by atoms with Gasteiger partial charge in [0.15, 0.2) is 18.4 Å². The van der Waals surface area contributed by atoms with E-state index in [1.165, 1.54) is 16.0 Å². The maximum absolute atomic E-state index is 15.1. The Labute approximate surface area is 301 Å². The monoisotopic (exact) mass is 741 g/mol. The zero-order valence-electron chi connectivity index (χ0n) is 28.5. The Morgan fingerprint density at radius 3 is 2.55 bits per heavy atom. The predicted molar refractivity (Wildman–Crippen MR) is 175 cm³/mol. The van der Waals surface area contributed by atoms with Crippen molar-refractivity contribution >= 4 is 29.8 Å². The number of nitrogens with one attached hydrogen (secondary N) is 1. The maximum Gasteiger partial charge on any atom is 0.422 e. The van der Waals surface area contributed by atoms with E-state index < -0.39 is 84.2 Å². The van der Waals surface area contributed by atoms with Gasteiger partial charge in [-0.2, -0.15) is 18.2 Å². The van der Waals surface area contributed by atoms with E-state index in [2.05, 4.69) is 10.1 Å². The molecule has 8 rings (SSSR count). The number of carbonyl (C=O) groups is 4. The highest BCUT2D eigenvalue weighted by Crippen LogP contribution is 2.59. The van der Waals surface area contributed by atoms with Crippen molar-refractivity contribution in [3.05, 3.63) is 76.9 Å². The summed E-state index contributed by atoms with van der Waals surface area (Å²) in [7, 11) is 0. The molecule has 4 aliphatic heterocycles. The normalized spacial score (nSPS) is 31.1. The number of esters is 2. The molecule has 2 aromatic carbocycles. The van der Waals surface area contributed by atoms with Crippen molar-refractivity contribution in [2.45, 2.75) is 87.1 Å². The number of likely N-dealkylation sites (tertiary alicyclic amines) is 1. The lowest BCUT2D eigenvalue weighted by Gasteiger charge is -2.50. The summed E-state index contributed by atoms with van der Waals surface area (Å²) in [6.07, 6.45) is -3.87. The van der Waals surface area contributed by atoms with Crippen LogP contribution in [0.5, 0.6) is 0 Å². The number of benzene rings is 2. The van der Waals surface area contributed by atoms with Crippen LogP contribution in [0.25, 0.3) is 6.08 Å². The van der Waals surface area contributed by atoms with Crippen molar-refractivity contribution in [1.82, 2.24) is 15.3 Å². The van der Waals surface area contributed by atoms with E-state index in [1.807, 2.05) is 24.3 Å². The number of halogens is 3. The first-order valence-electron chi connectivity index (χ1n) is 17.7. The van der Waals surface area contributed by atoms with Crippen LogP contribution in [0.1, 0.15) is 41.5 Å². The van der Waals surface area contributed by atoms with Crippen LogP contribution in [0, 0.1) is 5.41 Å². The Morgan fingerprint density at radius 1 is 1.06 bits per heavy atom. The van der Waals surface area contributed by atoms with E-state index in [4.69, 9.17) is 19.0 Å². The van der Waals surface area contributed by atoms with Crippen LogP contribution in [0.15, 0.2) is 54.6 Å². The van der Waals surface area contributed by atoms with Gasteiger partial charge < -0.3 is 34.3 Å². The summed E-state index contributed by atoms with van der Waals surface area (Å²) in [5.41, 5.74) is 1.68. The fraction of sp³-hybridized carbons (Fsp3) is 0.514. The minimum atomic E-state index is -4.66. The largest absolute Gasteiger partial charge is 0.458 e. The second kappa shape index (κ2) is 13.5. The smallest absolute Gasteiger partial charge is 0.422 e. The molecular weight excluding hydrogens is 703 g/mol. The summed E-state index contributed by atoms with van der Waals surface area (Å²) in [5.74, 6) is -3.72. The second-order valence-electron chi connectivity index (χ2n) is 14.4. The molecule has 4 heterocycles. The highest BCUT2D eigenvalue weighted by atomic mass is 19.4. The van der Waals surface area contributed by atoms with Crippen LogP contribution < -0.4 is 5.32 Å². The molecule has 1 spiro atoms. The highest BCUT2D eigenvalue weighted by molar-refractivity contribution is 5.96. The first kappa shape index (κ1) is 35.7. The van der Waals surface area contributed by atoms with Gasteiger partial charge in [-0.05, 0) is 41.2 Å². The average molecular weight is 742 g/mol. The van der Waals surface area contributed by atoms with Gasteiger partial charge in [-0.1, -0.05) is 48.5 Å². The Hall–Kier alpha value is -4.35. The average Bonchev–Trinajstić information content (AvgIpc) is 3.91. The van der Waals surface area contributed by atoms with Gasteiger partial charge in [0.25, 0.3) is 0 Å². The lowest BCUT2D eigenvalue weighted by atomic mass is 9.62. The van der Waals surface area contributed by atoms with Gasteiger partial charge in [0.2, 0.25) is 11.8 Å². The SMILES string of the molecule is O=C(C=Cc1cccc(CN2O[C@@H]3[C@H]4OC5(Cc6ccccc6C5)O[C@H]4[C@H]4C[C@]3(C(=O)N3CCC[C@@H]3C(=O)NCCO)[C@@H]2C(=O)O4)c1)OCC(F)(F)F. The third-order valence-corrected chi connectivity index (χ3v) is 11.0. The molecule has 2 aliphatic carbocycles. The molecule has 2 bridgehead atoms. The Bertz CT molecular complexity index is 1810. The number of carbonyl (C=O) groups excluding carboxylic acids is 4. The van der Waals surface area contributed by atoms with Crippen molar-refractivity contribution in [2.75, 3.05) is 26.3 Å². The molecule has 6 aliphatic rings. The minimum Gasteiger partial charge on any atom is -0.458 e. The Balaban J connectivity index is 1.11. The molecule has 13 nitrogen and oxygen atoms in total. The number of ether oxygens (including phenoxy) is 4. The van der Waals surface area contributed by atoms with E-state index in [0.717, 1.165) is 17.2 Å². The topological polar surface area (TPSA) is 153 Å². The number of nitrogens with zero attached hydrogens (tertiary/aromatic N) is 2. The lowest BCUT2D eigenvalue weighted by molar-refractivity contribution is -0.218. The van der Waals surface area contributed by atoms with E-state index in [0.29, 0.717) is 36.8 Å². The maximum atomic E-state index is 15.1. The molecule has 53 heavy (non-hydrogen) atoms. The van der Waals surface area contributed by atoms with Gasteiger partial charge in [-0.3, -0.25) is 19.2 Å². The third kappa shape index (κ3) is 6.39. The Morgan fingerprint density at radius 2 is 1.81 bits per heavy atom. The van der Waals surface area contributed by atoms with Gasteiger partial charge >= 0.3 is 18.1 Å². The number of aliphatic hydroxyl groups excluding tert-OH is 1. The van der Waals surface area contributed by atoms with Crippen LogP contribution in [0.2, 0.25) is 0 Å². The van der Waals surface area contributed by atoms with E-state index in [-0.39, 0.29) is 32.7 Å². The summed E-state index contributed by atoms with van der Waals surface area (Å²) in [5, 5.41) is 13.4. The zero-order chi connectivity index (χ0) is 37.1. The molecule has 2 N–H and O–H groups in total. The number of hydrogen-bond donors (Lipinski definition) is 2. The van der Waals surface area contributed by atoms with E-state index in [9.17, 15) is 32.7 Å². The predicted octanol–water partition coefficient (Wildman–Crippen LogP) is 1.98. The molecule has 1 saturated carbocycles. The van der Waals surface area contributed by atoms with Crippen molar-refractivity contribution < 1.29 is 61.2 Å². The van der Waals surface area contributed by atoms with Crippen LogP contribution in [-0.4, -0.2) is 114 Å². The summed E-state index contributed by atoms with van der Waals surface area (Å²) >= 11 is 0. The van der Waals surface area contributed by atoms with E-state index >= 15 is 4.79 Å². The molecule has 7 atom stereocenters. The van der Waals surface area contributed by atoms with Crippen molar-refractivity contribution in [1.29, 1.82) is 0 Å². The number of aliphatic hydroxyl groups is 1. The molecule has 16 heteroatoms. The molecule has 2 aromatic rings. The summed E-state index contributed by atoms with van der Waals surface area (Å²) < 4.78 is 61.2. The quantitative estimate of drug-likeness (QED) is 0.287. The highest BCUT2D eigenvalue weighted by Gasteiger charge is 2.77. The molecule has 0 aromatic heterocycles. The number of hydroxylamine groups is 2. The molecule has 4 saturated heterocycles. The van der Waals surface area contributed by atoms with Gasteiger partial charge in [0, 0.05) is 38.4 Å². The Kier molecular flexibility index (Phi) is 9.08. The number of rotatable bonds is 9. The summed E-state index contributed by atoms with van der Waals surface area (Å²) in [6, 6.07) is 12.6. The molecule has 282 valence electrons. The second-order valence-corrected chi connectivity index (χ2v) is 14.4. The molecule has 5 fully saturated rings. The van der Waals surface area contributed by atoms with Crippen LogP contribution in [0.3, 0.4) is 0 Å². The molecule has 0 radical (unpaired) electrons. The number of alkyl halides is 3. The molecule has 2 amide bonds. The standard InChI is InChI=1S/C37H38F3N3O10/c38-37(39,40)20-49-27(45)11-10-21-5-3-6-22(15-21)19-43-30-33(47)50-26-18-36(30,34(48)42-13-4-9-25(42)32(46)41-12-14-44)31(53-43)29-28(26)51-35(52-29)16-23-7-1-2-8-24(23)17-35/h1-3,5-8,10-11,15,25-26,28-31,44H,4,9,12-14,16-20H2,(H,41,46)/t25-,26-,28+,29+,30+,31-,36+/m1/s1. The molecular formula is C37H38F3N3O10.